The van der Waals surface area contributed by atoms with E-state index in [0.717, 1.165) is 32.5 Å². The van der Waals surface area contributed by atoms with Crippen LogP contribution in [0.3, 0.4) is 0 Å². The molecule has 0 saturated carbocycles. The largest absolute Gasteiger partial charge is 0.350 e. The fraction of sp³-hybridized carbons (Fsp3) is 0.562. The fourth-order valence-electron chi connectivity index (χ4n) is 3.12. The summed E-state index contributed by atoms with van der Waals surface area (Å²) in [5.74, 6) is 0.101. The van der Waals surface area contributed by atoms with Crippen LogP contribution in [0.15, 0.2) is 29.2 Å². The van der Waals surface area contributed by atoms with Gasteiger partial charge in [-0.15, -0.1) is 5.10 Å². The second-order valence-corrected chi connectivity index (χ2v) is 5.92. The van der Waals surface area contributed by atoms with Crippen molar-refractivity contribution in [1.29, 1.82) is 0 Å². The standard InChI is InChI=1S/C16H23N5O2/c1-2-9-19(13-6-8-17-12-13)15(22)7-11-21-16(23)20-10-4-3-5-14(20)18-21/h3-5,10,13,17H,2,6-9,11-12H2,1H3. The van der Waals surface area contributed by atoms with E-state index in [1.165, 1.54) is 9.08 Å². The molecule has 124 valence electrons. The van der Waals surface area contributed by atoms with E-state index >= 15 is 0 Å². The van der Waals surface area contributed by atoms with Gasteiger partial charge in [0.15, 0.2) is 5.65 Å². The molecule has 1 saturated heterocycles. The van der Waals surface area contributed by atoms with Gasteiger partial charge in [0.05, 0.1) is 6.54 Å². The minimum Gasteiger partial charge on any atom is -0.338 e. The topological polar surface area (TPSA) is 71.6 Å². The predicted molar refractivity (Wildman–Crippen MR) is 87.3 cm³/mol. The van der Waals surface area contributed by atoms with E-state index in [0.29, 0.717) is 18.6 Å². The van der Waals surface area contributed by atoms with Gasteiger partial charge in [-0.25, -0.2) is 9.48 Å². The maximum absolute atomic E-state index is 12.6. The van der Waals surface area contributed by atoms with E-state index in [4.69, 9.17) is 0 Å². The van der Waals surface area contributed by atoms with Crippen LogP contribution in [0.25, 0.3) is 5.65 Å². The number of hydrogen-bond donors (Lipinski definition) is 1. The maximum atomic E-state index is 12.6. The van der Waals surface area contributed by atoms with Gasteiger partial charge in [-0.1, -0.05) is 13.0 Å². The number of pyridine rings is 1. The Labute approximate surface area is 134 Å². The summed E-state index contributed by atoms with van der Waals surface area (Å²) < 4.78 is 2.87. The second-order valence-electron chi connectivity index (χ2n) is 5.92. The van der Waals surface area contributed by atoms with Crippen molar-refractivity contribution in [3.05, 3.63) is 34.9 Å². The predicted octanol–water partition coefficient (Wildman–Crippen LogP) is 0.487. The average Bonchev–Trinajstić information content (AvgIpc) is 3.19. The van der Waals surface area contributed by atoms with Crippen molar-refractivity contribution in [1.82, 2.24) is 24.4 Å². The summed E-state index contributed by atoms with van der Waals surface area (Å²) in [6, 6.07) is 5.70. The minimum absolute atomic E-state index is 0.101. The zero-order chi connectivity index (χ0) is 16.2. The summed E-state index contributed by atoms with van der Waals surface area (Å²) in [6.07, 6.45) is 3.94. The lowest BCUT2D eigenvalue weighted by atomic mass is 10.2. The zero-order valence-electron chi connectivity index (χ0n) is 13.4. The lowest BCUT2D eigenvalue weighted by molar-refractivity contribution is -0.133. The highest BCUT2D eigenvalue weighted by Gasteiger charge is 2.25. The van der Waals surface area contributed by atoms with Gasteiger partial charge >= 0.3 is 5.69 Å². The van der Waals surface area contributed by atoms with Crippen LogP contribution in [0.1, 0.15) is 26.2 Å². The van der Waals surface area contributed by atoms with Gasteiger partial charge in [-0.3, -0.25) is 9.20 Å². The van der Waals surface area contributed by atoms with Crippen molar-refractivity contribution >= 4 is 11.6 Å². The first kappa shape index (κ1) is 15.7. The average molecular weight is 317 g/mol. The molecule has 1 unspecified atom stereocenters. The van der Waals surface area contributed by atoms with E-state index in [1.54, 1.807) is 18.3 Å². The van der Waals surface area contributed by atoms with Crippen LogP contribution in [-0.2, 0) is 11.3 Å². The van der Waals surface area contributed by atoms with Crippen molar-refractivity contribution in [2.45, 2.75) is 38.8 Å². The third-order valence-electron chi connectivity index (χ3n) is 4.29. The molecule has 2 aromatic rings. The van der Waals surface area contributed by atoms with Crippen LogP contribution in [0.2, 0.25) is 0 Å². The Bertz CT molecular complexity index is 729. The van der Waals surface area contributed by atoms with Gasteiger partial charge < -0.3 is 10.2 Å². The molecule has 1 amide bonds. The Balaban J connectivity index is 1.69. The molecule has 0 bridgehead atoms. The van der Waals surface area contributed by atoms with Gasteiger partial charge in [0.1, 0.15) is 0 Å². The Hall–Kier alpha value is -2.15. The molecule has 3 rings (SSSR count). The van der Waals surface area contributed by atoms with Crippen LogP contribution < -0.4 is 11.0 Å². The molecule has 3 heterocycles. The van der Waals surface area contributed by atoms with Crippen LogP contribution >= 0.6 is 0 Å². The smallest absolute Gasteiger partial charge is 0.338 e. The van der Waals surface area contributed by atoms with E-state index in [1.807, 2.05) is 11.0 Å². The van der Waals surface area contributed by atoms with Crippen molar-refractivity contribution in [3.63, 3.8) is 0 Å². The van der Waals surface area contributed by atoms with Gasteiger partial charge in [0.2, 0.25) is 5.91 Å². The van der Waals surface area contributed by atoms with E-state index in [9.17, 15) is 9.59 Å². The number of amides is 1. The molecule has 1 fully saturated rings. The molecule has 2 aromatic heterocycles. The quantitative estimate of drug-likeness (QED) is 0.841. The number of aromatic nitrogens is 3. The maximum Gasteiger partial charge on any atom is 0.350 e. The van der Waals surface area contributed by atoms with Gasteiger partial charge in [0, 0.05) is 31.7 Å². The number of aryl methyl sites for hydroxylation is 1. The molecular formula is C16H23N5O2. The summed E-state index contributed by atoms with van der Waals surface area (Å²) in [4.78, 5) is 26.7. The number of carbonyl (C=O) groups is 1. The summed E-state index contributed by atoms with van der Waals surface area (Å²) in [5, 5.41) is 7.57. The zero-order valence-corrected chi connectivity index (χ0v) is 13.4. The molecule has 1 N–H and O–H groups in total. The Kier molecular flexibility index (Phi) is 4.76. The van der Waals surface area contributed by atoms with Crippen molar-refractivity contribution < 1.29 is 4.79 Å². The van der Waals surface area contributed by atoms with Gasteiger partial charge in [-0.2, -0.15) is 0 Å². The molecule has 7 nitrogen and oxygen atoms in total. The van der Waals surface area contributed by atoms with Crippen molar-refractivity contribution in [2.75, 3.05) is 19.6 Å². The SMILES string of the molecule is CCCN(C(=O)CCn1nc2ccccn2c1=O)C1CCNC1. The number of carbonyl (C=O) groups excluding carboxylic acids is 1. The van der Waals surface area contributed by atoms with Crippen LogP contribution in [-0.4, -0.2) is 50.7 Å². The number of nitrogens with zero attached hydrogens (tertiary/aromatic N) is 4. The van der Waals surface area contributed by atoms with Crippen LogP contribution in [0.5, 0.6) is 0 Å². The normalized spacial score (nSPS) is 17.7. The highest BCUT2D eigenvalue weighted by atomic mass is 16.2. The third-order valence-corrected chi connectivity index (χ3v) is 4.29. The van der Waals surface area contributed by atoms with E-state index in [-0.39, 0.29) is 17.6 Å². The van der Waals surface area contributed by atoms with Gasteiger partial charge in [0.25, 0.3) is 0 Å². The van der Waals surface area contributed by atoms with Crippen LogP contribution in [0, 0.1) is 0 Å². The first-order chi connectivity index (χ1) is 11.2. The molecule has 1 aliphatic heterocycles. The van der Waals surface area contributed by atoms with Crippen LogP contribution in [0.4, 0.5) is 0 Å². The monoisotopic (exact) mass is 317 g/mol. The molecule has 0 spiro atoms. The van der Waals surface area contributed by atoms with E-state index in [2.05, 4.69) is 17.3 Å². The number of fused-ring (bicyclic) bond motifs is 1. The molecule has 0 radical (unpaired) electrons. The minimum atomic E-state index is -0.196. The summed E-state index contributed by atoms with van der Waals surface area (Å²) in [6.45, 7) is 4.99. The Morgan fingerprint density at radius 1 is 1.48 bits per heavy atom. The van der Waals surface area contributed by atoms with E-state index < -0.39 is 0 Å². The molecule has 7 heteroatoms. The number of nitrogens with one attached hydrogen (secondary N) is 1. The lowest BCUT2D eigenvalue weighted by Crippen LogP contribution is -2.42. The van der Waals surface area contributed by atoms with Crippen molar-refractivity contribution in [3.8, 4) is 0 Å². The highest BCUT2D eigenvalue weighted by Crippen LogP contribution is 2.11. The molecule has 1 atom stereocenters. The molecule has 0 aliphatic carbocycles. The molecular weight excluding hydrogens is 294 g/mol. The summed E-state index contributed by atoms with van der Waals surface area (Å²) in [5.41, 5.74) is 0.410. The van der Waals surface area contributed by atoms with Crippen molar-refractivity contribution in [2.24, 2.45) is 0 Å². The first-order valence-corrected chi connectivity index (χ1v) is 8.25. The number of hydrogen-bond acceptors (Lipinski definition) is 4. The fourth-order valence-corrected chi connectivity index (χ4v) is 3.12. The second kappa shape index (κ2) is 6.95. The third kappa shape index (κ3) is 3.29. The van der Waals surface area contributed by atoms with Gasteiger partial charge in [-0.05, 0) is 31.5 Å². The highest BCUT2D eigenvalue weighted by molar-refractivity contribution is 5.76. The molecule has 23 heavy (non-hydrogen) atoms. The molecule has 1 aliphatic rings. The summed E-state index contributed by atoms with van der Waals surface area (Å²) in [7, 11) is 0. The first-order valence-electron chi connectivity index (χ1n) is 8.25. The number of rotatable bonds is 6. The summed E-state index contributed by atoms with van der Waals surface area (Å²) >= 11 is 0. The lowest BCUT2D eigenvalue weighted by Gasteiger charge is -2.28. The Morgan fingerprint density at radius 3 is 3.04 bits per heavy atom. The Morgan fingerprint density at radius 2 is 2.35 bits per heavy atom. The molecule has 0 aromatic carbocycles.